The van der Waals surface area contributed by atoms with Crippen LogP contribution < -0.4 is 4.90 Å². The van der Waals surface area contributed by atoms with Crippen molar-refractivity contribution in [1.82, 2.24) is 4.90 Å². The Bertz CT molecular complexity index is 1380. The predicted molar refractivity (Wildman–Crippen MR) is 141 cm³/mol. The summed E-state index contributed by atoms with van der Waals surface area (Å²) in [5, 5.41) is 0. The topological polar surface area (TPSA) is 88.5 Å². The van der Waals surface area contributed by atoms with Gasteiger partial charge in [-0.1, -0.05) is 60.7 Å². The second-order valence-corrected chi connectivity index (χ2v) is 9.42. The van der Waals surface area contributed by atoms with Gasteiger partial charge >= 0.3 is 0 Å². The summed E-state index contributed by atoms with van der Waals surface area (Å²) in [6, 6.07) is 23.6. The number of benzene rings is 3. The largest absolute Gasteiger partial charge is 0.353 e. The lowest BCUT2D eigenvalue weighted by Gasteiger charge is -2.29. The van der Waals surface area contributed by atoms with Crippen molar-refractivity contribution < 1.29 is 23.9 Å². The SMILES string of the molecule is O=C1[C@H](N2C(=O)c3ccccc3C2=O)N=C(c2ccccc2)c2ccccc2N1CCOC1CCCCO1. The number of hydrogen-bond donors (Lipinski definition) is 0. The van der Waals surface area contributed by atoms with Gasteiger partial charge in [0.05, 0.1) is 29.1 Å². The normalized spacial score (nSPS) is 21.2. The number of hydrogen-bond acceptors (Lipinski definition) is 6. The van der Waals surface area contributed by atoms with Crippen molar-refractivity contribution in [2.24, 2.45) is 4.99 Å². The van der Waals surface area contributed by atoms with E-state index in [2.05, 4.69) is 0 Å². The molecule has 3 aliphatic rings. The summed E-state index contributed by atoms with van der Waals surface area (Å²) in [5.74, 6) is -1.53. The van der Waals surface area contributed by atoms with Crippen molar-refractivity contribution in [2.75, 3.05) is 24.7 Å². The average Bonchev–Trinajstić information content (AvgIpc) is 3.15. The molecule has 3 heterocycles. The number of carbonyl (C=O) groups is 3. The van der Waals surface area contributed by atoms with Crippen molar-refractivity contribution in [1.29, 1.82) is 0 Å². The fourth-order valence-corrected chi connectivity index (χ4v) is 5.19. The van der Waals surface area contributed by atoms with Gasteiger partial charge in [0.15, 0.2) is 6.29 Å². The number of fused-ring (bicyclic) bond motifs is 2. The second kappa shape index (κ2) is 10.3. The van der Waals surface area contributed by atoms with Crippen molar-refractivity contribution in [3.63, 3.8) is 0 Å². The molecule has 38 heavy (non-hydrogen) atoms. The van der Waals surface area contributed by atoms with Crippen LogP contribution in [0.3, 0.4) is 0 Å². The number of para-hydroxylation sites is 1. The van der Waals surface area contributed by atoms with Gasteiger partial charge in [-0.05, 0) is 37.5 Å². The number of amides is 3. The molecule has 192 valence electrons. The van der Waals surface area contributed by atoms with E-state index in [-0.39, 0.29) is 30.6 Å². The quantitative estimate of drug-likeness (QED) is 0.468. The van der Waals surface area contributed by atoms with E-state index in [0.717, 1.165) is 35.3 Å². The molecule has 1 fully saturated rings. The van der Waals surface area contributed by atoms with Crippen LogP contribution in [0.4, 0.5) is 5.69 Å². The number of imide groups is 1. The molecule has 0 aromatic heterocycles. The summed E-state index contributed by atoms with van der Waals surface area (Å²) in [6.45, 7) is 1.11. The Morgan fingerprint density at radius 3 is 2.16 bits per heavy atom. The van der Waals surface area contributed by atoms with Gasteiger partial charge in [0, 0.05) is 24.3 Å². The number of nitrogens with zero attached hydrogens (tertiary/aromatic N) is 3. The van der Waals surface area contributed by atoms with Gasteiger partial charge in [0.1, 0.15) is 0 Å². The lowest BCUT2D eigenvalue weighted by molar-refractivity contribution is -0.161. The first-order valence-corrected chi connectivity index (χ1v) is 12.9. The Balaban J connectivity index is 1.41. The molecule has 3 aliphatic heterocycles. The molecule has 8 nitrogen and oxygen atoms in total. The van der Waals surface area contributed by atoms with Crippen LogP contribution in [0.5, 0.6) is 0 Å². The molecule has 3 aromatic rings. The summed E-state index contributed by atoms with van der Waals surface area (Å²) in [4.78, 5) is 48.4. The summed E-state index contributed by atoms with van der Waals surface area (Å²) in [7, 11) is 0. The molecule has 0 spiro atoms. The molecule has 0 aliphatic carbocycles. The van der Waals surface area contributed by atoms with E-state index in [9.17, 15) is 14.4 Å². The fraction of sp³-hybridized carbons (Fsp3) is 0.267. The minimum absolute atomic E-state index is 0.215. The zero-order chi connectivity index (χ0) is 26.1. The first-order chi connectivity index (χ1) is 18.6. The van der Waals surface area contributed by atoms with Crippen LogP contribution in [0.15, 0.2) is 83.9 Å². The van der Waals surface area contributed by atoms with Gasteiger partial charge in [0.25, 0.3) is 17.7 Å². The zero-order valence-corrected chi connectivity index (χ0v) is 20.8. The van der Waals surface area contributed by atoms with E-state index >= 15 is 0 Å². The fourth-order valence-electron chi connectivity index (χ4n) is 5.19. The molecule has 0 saturated carbocycles. The number of anilines is 1. The average molecular weight is 510 g/mol. The lowest BCUT2D eigenvalue weighted by Crippen LogP contribution is -2.50. The van der Waals surface area contributed by atoms with Gasteiger partial charge in [-0.2, -0.15) is 0 Å². The van der Waals surface area contributed by atoms with Crippen LogP contribution in [0, 0.1) is 0 Å². The third-order valence-electron chi connectivity index (χ3n) is 7.06. The van der Waals surface area contributed by atoms with Gasteiger partial charge in [0.2, 0.25) is 6.17 Å². The molecule has 0 bridgehead atoms. The molecule has 0 N–H and O–H groups in total. The molecule has 0 radical (unpaired) electrons. The first kappa shape index (κ1) is 24.2. The highest BCUT2D eigenvalue weighted by atomic mass is 16.7. The van der Waals surface area contributed by atoms with Crippen LogP contribution in [0.25, 0.3) is 0 Å². The van der Waals surface area contributed by atoms with E-state index < -0.39 is 23.9 Å². The number of aliphatic imine (C=N–C) groups is 1. The zero-order valence-electron chi connectivity index (χ0n) is 20.8. The highest BCUT2D eigenvalue weighted by Crippen LogP contribution is 2.32. The number of carbonyl (C=O) groups excluding carboxylic acids is 3. The smallest absolute Gasteiger partial charge is 0.273 e. The summed E-state index contributed by atoms with van der Waals surface area (Å²) in [5.41, 5.74) is 3.24. The monoisotopic (exact) mass is 509 g/mol. The van der Waals surface area contributed by atoms with Crippen LogP contribution >= 0.6 is 0 Å². The van der Waals surface area contributed by atoms with Gasteiger partial charge in [-0.25, -0.2) is 9.89 Å². The Labute approximate surface area is 220 Å². The summed E-state index contributed by atoms with van der Waals surface area (Å²) < 4.78 is 11.6. The van der Waals surface area contributed by atoms with Crippen molar-refractivity contribution in [2.45, 2.75) is 31.7 Å². The molecule has 1 saturated heterocycles. The molecule has 2 atom stereocenters. The van der Waals surface area contributed by atoms with Crippen LogP contribution in [0.1, 0.15) is 51.1 Å². The molecule has 3 aromatic carbocycles. The highest BCUT2D eigenvalue weighted by molar-refractivity contribution is 6.25. The van der Waals surface area contributed by atoms with Gasteiger partial charge in [-0.3, -0.25) is 14.4 Å². The van der Waals surface area contributed by atoms with Crippen LogP contribution in [0.2, 0.25) is 0 Å². The number of benzodiazepines with no additional fused rings is 1. The Morgan fingerprint density at radius 1 is 0.816 bits per heavy atom. The molecule has 1 unspecified atom stereocenters. The molecular formula is C30H27N3O5. The molecule has 8 heteroatoms. The van der Waals surface area contributed by atoms with Crippen molar-refractivity contribution in [3.05, 3.63) is 101 Å². The molecule has 3 amide bonds. The van der Waals surface area contributed by atoms with Crippen LogP contribution in [-0.2, 0) is 14.3 Å². The van der Waals surface area contributed by atoms with Gasteiger partial charge in [-0.15, -0.1) is 0 Å². The lowest BCUT2D eigenvalue weighted by atomic mass is 10.0. The summed E-state index contributed by atoms with van der Waals surface area (Å²) in [6.07, 6.45) is 1.19. The Hall–Kier alpha value is -4.14. The van der Waals surface area contributed by atoms with Gasteiger partial charge < -0.3 is 14.4 Å². The first-order valence-electron chi connectivity index (χ1n) is 12.9. The predicted octanol–water partition coefficient (Wildman–Crippen LogP) is 4.04. The summed E-state index contributed by atoms with van der Waals surface area (Å²) >= 11 is 0. The standard InChI is InChI=1S/C30H27N3O5/c34-28-21-12-4-5-13-22(21)29(35)33(28)27-30(36)32(17-19-38-25-16-8-9-18-37-25)24-15-7-6-14-23(24)26(31-27)20-10-2-1-3-11-20/h1-7,10-15,25,27H,8-9,16-19H2/t25?,27-/m0/s1. The van der Waals surface area contributed by atoms with Crippen molar-refractivity contribution >= 4 is 29.1 Å². The number of ether oxygens (including phenoxy) is 2. The third-order valence-corrected chi connectivity index (χ3v) is 7.06. The minimum Gasteiger partial charge on any atom is -0.353 e. The molecular weight excluding hydrogens is 482 g/mol. The Kier molecular flexibility index (Phi) is 6.57. The highest BCUT2D eigenvalue weighted by Gasteiger charge is 2.45. The maximum atomic E-state index is 14.2. The second-order valence-electron chi connectivity index (χ2n) is 9.42. The van der Waals surface area contributed by atoms with E-state index in [4.69, 9.17) is 14.5 Å². The number of rotatable bonds is 6. The maximum Gasteiger partial charge on any atom is 0.273 e. The third kappa shape index (κ3) is 4.31. The molecule has 6 rings (SSSR count). The van der Waals surface area contributed by atoms with E-state index in [1.165, 1.54) is 0 Å². The van der Waals surface area contributed by atoms with Crippen LogP contribution in [-0.4, -0.2) is 60.5 Å². The van der Waals surface area contributed by atoms with E-state index in [1.54, 1.807) is 29.2 Å². The maximum absolute atomic E-state index is 14.2. The van der Waals surface area contributed by atoms with E-state index in [1.807, 2.05) is 54.6 Å². The Morgan fingerprint density at radius 2 is 1.47 bits per heavy atom. The minimum atomic E-state index is -1.36. The van der Waals surface area contributed by atoms with Crippen molar-refractivity contribution in [3.8, 4) is 0 Å². The van der Waals surface area contributed by atoms with E-state index in [0.29, 0.717) is 18.0 Å².